The Bertz CT molecular complexity index is 584. The maximum Gasteiger partial charge on any atom is 0.159 e. The first-order valence-electron chi connectivity index (χ1n) is 6.98. The molecule has 0 radical (unpaired) electrons. The van der Waals surface area contributed by atoms with Crippen LogP contribution in [0.25, 0.3) is 0 Å². The van der Waals surface area contributed by atoms with Crippen LogP contribution < -0.4 is 5.32 Å². The van der Waals surface area contributed by atoms with Gasteiger partial charge in [0.1, 0.15) is 0 Å². The van der Waals surface area contributed by atoms with E-state index in [-0.39, 0.29) is 6.04 Å². The first kappa shape index (κ1) is 16.0. The van der Waals surface area contributed by atoms with Crippen molar-refractivity contribution in [3.8, 4) is 0 Å². The summed E-state index contributed by atoms with van der Waals surface area (Å²) in [6.45, 7) is 2.12. The van der Waals surface area contributed by atoms with E-state index in [0.29, 0.717) is 6.42 Å². The Morgan fingerprint density at radius 3 is 2.33 bits per heavy atom. The van der Waals surface area contributed by atoms with Gasteiger partial charge in [-0.15, -0.1) is 11.8 Å². The van der Waals surface area contributed by atoms with E-state index in [4.69, 9.17) is 0 Å². The summed E-state index contributed by atoms with van der Waals surface area (Å²) in [4.78, 5) is 1.24. The molecular weight excluding hydrogens is 288 g/mol. The van der Waals surface area contributed by atoms with Gasteiger partial charge in [-0.25, -0.2) is 8.78 Å². The van der Waals surface area contributed by atoms with E-state index in [1.165, 1.54) is 17.0 Å². The van der Waals surface area contributed by atoms with Crippen LogP contribution in [0.15, 0.2) is 47.4 Å². The van der Waals surface area contributed by atoms with Crippen LogP contribution >= 0.6 is 11.8 Å². The highest BCUT2D eigenvalue weighted by molar-refractivity contribution is 7.99. The molecule has 1 atom stereocenters. The van der Waals surface area contributed by atoms with Crippen molar-refractivity contribution in [3.63, 3.8) is 0 Å². The highest BCUT2D eigenvalue weighted by Crippen LogP contribution is 2.23. The molecule has 0 fully saturated rings. The number of benzene rings is 2. The van der Waals surface area contributed by atoms with Gasteiger partial charge in [0.05, 0.1) is 0 Å². The molecule has 1 unspecified atom stereocenters. The van der Waals surface area contributed by atoms with Gasteiger partial charge in [-0.3, -0.25) is 0 Å². The largest absolute Gasteiger partial charge is 0.313 e. The lowest BCUT2D eigenvalue weighted by molar-refractivity contribution is 0.504. The number of hydrogen-bond donors (Lipinski definition) is 1. The van der Waals surface area contributed by atoms with Gasteiger partial charge in [0.15, 0.2) is 11.6 Å². The van der Waals surface area contributed by atoms with Gasteiger partial charge in [-0.2, -0.15) is 0 Å². The van der Waals surface area contributed by atoms with E-state index < -0.39 is 11.6 Å². The quantitative estimate of drug-likeness (QED) is 0.784. The maximum absolute atomic E-state index is 13.3. The molecule has 0 spiro atoms. The van der Waals surface area contributed by atoms with Gasteiger partial charge in [0.2, 0.25) is 0 Å². The Balaban J connectivity index is 2.13. The molecule has 0 aliphatic carbocycles. The Hall–Kier alpha value is -1.39. The van der Waals surface area contributed by atoms with Crippen molar-refractivity contribution in [2.75, 3.05) is 12.8 Å². The lowest BCUT2D eigenvalue weighted by Gasteiger charge is -2.17. The zero-order valence-corrected chi connectivity index (χ0v) is 13.0. The van der Waals surface area contributed by atoms with Gasteiger partial charge in [-0.05, 0) is 54.6 Å². The summed E-state index contributed by atoms with van der Waals surface area (Å²) >= 11 is 1.80. The molecule has 2 aromatic rings. The van der Waals surface area contributed by atoms with Crippen LogP contribution in [-0.4, -0.2) is 12.8 Å². The van der Waals surface area contributed by atoms with Gasteiger partial charge in [0, 0.05) is 10.9 Å². The zero-order chi connectivity index (χ0) is 15.2. The molecule has 2 aromatic carbocycles. The van der Waals surface area contributed by atoms with E-state index in [1.807, 2.05) is 7.05 Å². The average Bonchev–Trinajstić information content (AvgIpc) is 2.50. The molecule has 0 aliphatic heterocycles. The van der Waals surface area contributed by atoms with Crippen LogP contribution in [0.3, 0.4) is 0 Å². The van der Waals surface area contributed by atoms with Crippen LogP contribution in [-0.2, 0) is 6.42 Å². The second kappa shape index (κ2) is 7.57. The molecule has 21 heavy (non-hydrogen) atoms. The lowest BCUT2D eigenvalue weighted by Crippen LogP contribution is -2.18. The molecule has 4 heteroatoms. The van der Waals surface area contributed by atoms with Crippen molar-refractivity contribution < 1.29 is 8.78 Å². The van der Waals surface area contributed by atoms with E-state index in [9.17, 15) is 8.78 Å². The fraction of sp³-hybridized carbons (Fsp3) is 0.294. The van der Waals surface area contributed by atoms with Crippen LogP contribution in [0.5, 0.6) is 0 Å². The SMILES string of the molecule is CCSc1ccc(C(Cc2ccc(F)c(F)c2)NC)cc1. The number of rotatable bonds is 6. The smallest absolute Gasteiger partial charge is 0.159 e. The van der Waals surface area contributed by atoms with Gasteiger partial charge in [-0.1, -0.05) is 25.1 Å². The first-order chi connectivity index (χ1) is 10.1. The normalized spacial score (nSPS) is 12.4. The molecule has 0 heterocycles. The van der Waals surface area contributed by atoms with Crippen LogP contribution in [0, 0.1) is 11.6 Å². The molecule has 0 amide bonds. The molecule has 1 nitrogen and oxygen atoms in total. The summed E-state index contributed by atoms with van der Waals surface area (Å²) in [5, 5.41) is 3.23. The third kappa shape index (κ3) is 4.29. The number of thioether (sulfide) groups is 1. The molecule has 0 saturated heterocycles. The van der Waals surface area contributed by atoms with Crippen molar-refractivity contribution in [1.29, 1.82) is 0 Å². The summed E-state index contributed by atoms with van der Waals surface area (Å²) in [6, 6.07) is 12.5. The van der Waals surface area contributed by atoms with Crippen LogP contribution in [0.4, 0.5) is 8.78 Å². The fourth-order valence-corrected chi connectivity index (χ4v) is 2.91. The highest BCUT2D eigenvalue weighted by Gasteiger charge is 2.12. The van der Waals surface area contributed by atoms with E-state index in [0.717, 1.165) is 16.9 Å². The topological polar surface area (TPSA) is 12.0 Å². The fourth-order valence-electron chi connectivity index (χ4n) is 2.25. The number of hydrogen-bond acceptors (Lipinski definition) is 2. The molecule has 0 aromatic heterocycles. The molecule has 112 valence electrons. The summed E-state index contributed by atoms with van der Waals surface area (Å²) in [5.74, 6) is -0.554. The minimum absolute atomic E-state index is 0.0792. The van der Waals surface area contributed by atoms with Gasteiger partial charge >= 0.3 is 0 Å². The minimum atomic E-state index is -0.805. The second-order valence-corrected chi connectivity index (χ2v) is 6.13. The van der Waals surface area contributed by atoms with Crippen molar-refractivity contribution in [1.82, 2.24) is 5.32 Å². The van der Waals surface area contributed by atoms with Gasteiger partial charge in [0.25, 0.3) is 0 Å². The Morgan fingerprint density at radius 1 is 1.05 bits per heavy atom. The Morgan fingerprint density at radius 2 is 1.76 bits per heavy atom. The lowest BCUT2D eigenvalue weighted by atomic mass is 9.99. The van der Waals surface area contributed by atoms with E-state index >= 15 is 0 Å². The second-order valence-electron chi connectivity index (χ2n) is 4.80. The summed E-state index contributed by atoms with van der Waals surface area (Å²) in [7, 11) is 1.87. The number of nitrogens with one attached hydrogen (secondary N) is 1. The van der Waals surface area contributed by atoms with Crippen molar-refractivity contribution in [2.24, 2.45) is 0 Å². The standard InChI is InChI=1S/C17H19F2NS/c1-3-21-14-7-5-13(6-8-14)17(20-2)11-12-4-9-15(18)16(19)10-12/h4-10,17,20H,3,11H2,1-2H3. The first-order valence-corrected chi connectivity index (χ1v) is 7.96. The van der Waals surface area contributed by atoms with Crippen LogP contribution in [0.1, 0.15) is 24.1 Å². The molecule has 1 N–H and O–H groups in total. The maximum atomic E-state index is 13.3. The molecule has 2 rings (SSSR count). The Kier molecular flexibility index (Phi) is 5.76. The Labute approximate surface area is 128 Å². The predicted molar refractivity (Wildman–Crippen MR) is 84.7 cm³/mol. The molecular formula is C17H19F2NS. The highest BCUT2D eigenvalue weighted by atomic mass is 32.2. The van der Waals surface area contributed by atoms with Crippen molar-refractivity contribution >= 4 is 11.8 Å². The van der Waals surface area contributed by atoms with Gasteiger partial charge < -0.3 is 5.32 Å². The summed E-state index contributed by atoms with van der Waals surface area (Å²) in [5.41, 5.74) is 1.92. The van der Waals surface area contributed by atoms with E-state index in [2.05, 4.69) is 36.5 Å². The summed E-state index contributed by atoms with van der Waals surface area (Å²) in [6.07, 6.45) is 0.619. The average molecular weight is 307 g/mol. The third-order valence-corrected chi connectivity index (χ3v) is 4.26. The third-order valence-electron chi connectivity index (χ3n) is 3.37. The van der Waals surface area contributed by atoms with E-state index in [1.54, 1.807) is 17.8 Å². The number of likely N-dealkylation sites (N-methyl/N-ethyl adjacent to an activating group) is 1. The number of halogens is 2. The zero-order valence-electron chi connectivity index (χ0n) is 12.2. The minimum Gasteiger partial charge on any atom is -0.313 e. The monoisotopic (exact) mass is 307 g/mol. The van der Waals surface area contributed by atoms with Crippen molar-refractivity contribution in [3.05, 3.63) is 65.2 Å². The van der Waals surface area contributed by atoms with Crippen molar-refractivity contribution in [2.45, 2.75) is 24.3 Å². The molecule has 0 saturated carbocycles. The van der Waals surface area contributed by atoms with Crippen LogP contribution in [0.2, 0.25) is 0 Å². The molecule has 0 aliphatic rings. The predicted octanol–water partition coefficient (Wildman–Crippen LogP) is 4.58. The summed E-state index contributed by atoms with van der Waals surface area (Å²) < 4.78 is 26.2. The molecule has 0 bridgehead atoms.